The normalized spacial score (nSPS) is 15.0. The fourth-order valence-electron chi connectivity index (χ4n) is 3.72. The molecule has 0 spiro atoms. The van der Waals surface area contributed by atoms with Crippen LogP contribution in [0.4, 0.5) is 0 Å². The molecule has 2 aromatic carbocycles. The summed E-state index contributed by atoms with van der Waals surface area (Å²) in [5.41, 5.74) is 2.46. The van der Waals surface area contributed by atoms with Crippen molar-refractivity contribution in [2.75, 3.05) is 32.8 Å². The van der Waals surface area contributed by atoms with E-state index in [0.29, 0.717) is 31.0 Å². The van der Waals surface area contributed by atoms with Crippen molar-refractivity contribution >= 4 is 15.9 Å². The molecule has 0 atom stereocenters. The van der Waals surface area contributed by atoms with E-state index in [1.165, 1.54) is 4.31 Å². The maximum Gasteiger partial charge on any atom is 0.253 e. The molecule has 0 bridgehead atoms. The van der Waals surface area contributed by atoms with Crippen LogP contribution in [0.25, 0.3) is 5.69 Å². The molecule has 0 aliphatic carbocycles. The number of carbonyl (C=O) groups excluding carboxylic acids is 1. The second-order valence-corrected chi connectivity index (χ2v) is 9.47. The predicted octanol–water partition coefficient (Wildman–Crippen LogP) is 2.73. The second kappa shape index (κ2) is 9.13. The Morgan fingerprint density at radius 2 is 1.62 bits per heavy atom. The van der Waals surface area contributed by atoms with Gasteiger partial charge in [0, 0.05) is 43.6 Å². The number of nitrogens with zero attached hydrogens (tertiary/aromatic N) is 4. The van der Waals surface area contributed by atoms with Gasteiger partial charge in [0.25, 0.3) is 5.91 Å². The number of benzene rings is 2. The van der Waals surface area contributed by atoms with E-state index in [2.05, 4.69) is 5.10 Å². The topological polar surface area (TPSA) is 84.7 Å². The van der Waals surface area contributed by atoms with E-state index in [0.717, 1.165) is 11.4 Å². The van der Waals surface area contributed by atoms with E-state index in [1.54, 1.807) is 52.2 Å². The van der Waals surface area contributed by atoms with Crippen LogP contribution in [0.15, 0.2) is 65.7 Å². The number of hydrogen-bond acceptors (Lipinski definition) is 5. The van der Waals surface area contributed by atoms with E-state index in [1.807, 2.05) is 32.0 Å². The molecule has 0 unspecified atom stereocenters. The van der Waals surface area contributed by atoms with Crippen LogP contribution in [0.1, 0.15) is 23.0 Å². The molecule has 0 N–H and O–H groups in total. The molecule has 0 saturated carbocycles. The van der Waals surface area contributed by atoms with Crippen molar-refractivity contribution in [3.8, 4) is 11.4 Å². The lowest BCUT2D eigenvalue weighted by molar-refractivity contribution is 0.0698. The zero-order chi connectivity index (χ0) is 22.7. The monoisotopic (exact) mass is 454 g/mol. The summed E-state index contributed by atoms with van der Waals surface area (Å²) in [4.78, 5) is 14.8. The van der Waals surface area contributed by atoms with Gasteiger partial charge in [0.05, 0.1) is 17.2 Å². The third-order valence-electron chi connectivity index (χ3n) is 5.49. The molecule has 1 aromatic heterocycles. The molecule has 1 amide bonds. The van der Waals surface area contributed by atoms with Crippen molar-refractivity contribution in [3.63, 3.8) is 0 Å². The summed E-state index contributed by atoms with van der Waals surface area (Å²) in [6.07, 6.45) is 1.73. The van der Waals surface area contributed by atoms with Crippen molar-refractivity contribution in [1.82, 2.24) is 19.0 Å². The largest absolute Gasteiger partial charge is 0.494 e. The summed E-state index contributed by atoms with van der Waals surface area (Å²) in [6.45, 7) is 5.56. The molecule has 8 nitrogen and oxygen atoms in total. The van der Waals surface area contributed by atoms with Gasteiger partial charge in [-0.3, -0.25) is 4.79 Å². The van der Waals surface area contributed by atoms with Crippen molar-refractivity contribution in [2.45, 2.75) is 18.7 Å². The molecule has 32 heavy (non-hydrogen) atoms. The highest BCUT2D eigenvalue weighted by atomic mass is 32.2. The Morgan fingerprint density at radius 1 is 0.969 bits per heavy atom. The van der Waals surface area contributed by atoms with Crippen LogP contribution >= 0.6 is 0 Å². The summed E-state index contributed by atoms with van der Waals surface area (Å²) < 4.78 is 34.5. The average molecular weight is 455 g/mol. The zero-order valence-electron chi connectivity index (χ0n) is 18.1. The minimum absolute atomic E-state index is 0.105. The maximum absolute atomic E-state index is 13.0. The number of hydrogen-bond donors (Lipinski definition) is 0. The summed E-state index contributed by atoms with van der Waals surface area (Å²) in [5.74, 6) is 0.530. The summed E-state index contributed by atoms with van der Waals surface area (Å²) in [7, 11) is -3.61. The van der Waals surface area contributed by atoms with Gasteiger partial charge in [-0.15, -0.1) is 0 Å². The molecule has 168 valence electrons. The van der Waals surface area contributed by atoms with Crippen molar-refractivity contribution in [3.05, 3.63) is 72.1 Å². The minimum atomic E-state index is -3.61. The van der Waals surface area contributed by atoms with E-state index in [-0.39, 0.29) is 23.9 Å². The van der Waals surface area contributed by atoms with Gasteiger partial charge >= 0.3 is 0 Å². The first-order valence-corrected chi connectivity index (χ1v) is 12.0. The quantitative estimate of drug-likeness (QED) is 0.572. The van der Waals surface area contributed by atoms with Gasteiger partial charge < -0.3 is 9.64 Å². The molecule has 9 heteroatoms. The lowest BCUT2D eigenvalue weighted by atomic mass is 10.1. The van der Waals surface area contributed by atoms with Gasteiger partial charge in [-0.05, 0) is 68.4 Å². The number of amides is 1. The first-order chi connectivity index (χ1) is 15.4. The average Bonchev–Trinajstić information content (AvgIpc) is 3.25. The number of aryl methyl sites for hydroxylation is 1. The molecule has 4 rings (SSSR count). The first kappa shape index (κ1) is 22.0. The summed E-state index contributed by atoms with van der Waals surface area (Å²) in [6, 6.07) is 15.6. The van der Waals surface area contributed by atoms with Crippen molar-refractivity contribution < 1.29 is 17.9 Å². The van der Waals surface area contributed by atoms with Gasteiger partial charge in [0.15, 0.2) is 0 Å². The van der Waals surface area contributed by atoms with Gasteiger partial charge in [0.2, 0.25) is 10.0 Å². The summed E-state index contributed by atoms with van der Waals surface area (Å²) in [5, 5.41) is 4.27. The Morgan fingerprint density at radius 3 is 2.19 bits per heavy atom. The molecule has 1 aliphatic rings. The van der Waals surface area contributed by atoms with E-state index in [9.17, 15) is 13.2 Å². The number of carbonyl (C=O) groups is 1. The highest BCUT2D eigenvalue weighted by molar-refractivity contribution is 7.89. The van der Waals surface area contributed by atoms with Gasteiger partial charge in [0.1, 0.15) is 5.75 Å². The van der Waals surface area contributed by atoms with Crippen LogP contribution in [-0.2, 0) is 10.0 Å². The Bertz CT molecular complexity index is 1180. The van der Waals surface area contributed by atoms with Crippen LogP contribution in [0, 0.1) is 6.92 Å². The predicted molar refractivity (Wildman–Crippen MR) is 121 cm³/mol. The van der Waals surface area contributed by atoms with Crippen molar-refractivity contribution in [2.24, 2.45) is 0 Å². The summed E-state index contributed by atoms with van der Waals surface area (Å²) >= 11 is 0. The number of aromatic nitrogens is 2. The number of rotatable bonds is 6. The van der Waals surface area contributed by atoms with Crippen LogP contribution in [0.2, 0.25) is 0 Å². The number of ether oxygens (including phenoxy) is 1. The fraction of sp³-hybridized carbons (Fsp3) is 0.304. The fourth-order valence-corrected chi connectivity index (χ4v) is 5.14. The molecule has 1 saturated heterocycles. The molecule has 2 heterocycles. The minimum Gasteiger partial charge on any atom is -0.494 e. The van der Waals surface area contributed by atoms with Crippen LogP contribution < -0.4 is 4.74 Å². The first-order valence-electron chi connectivity index (χ1n) is 10.5. The molecular weight excluding hydrogens is 428 g/mol. The molecular formula is C23H26N4O4S. The van der Waals surface area contributed by atoms with Gasteiger partial charge in [-0.2, -0.15) is 9.40 Å². The standard InChI is InChI=1S/C23H26N4O4S/c1-3-31-21-8-10-22(11-9-21)32(29,30)26-16-14-25(15-17-26)23(28)19-4-6-20(7-5-19)27-18(2)12-13-24-27/h4-13H,3,14-17H2,1-2H3. The second-order valence-electron chi connectivity index (χ2n) is 7.53. The third kappa shape index (κ3) is 4.39. The van der Waals surface area contributed by atoms with Crippen LogP contribution in [0.5, 0.6) is 5.75 Å². The highest BCUT2D eigenvalue weighted by Crippen LogP contribution is 2.22. The van der Waals surface area contributed by atoms with Gasteiger partial charge in [-0.1, -0.05) is 0 Å². The van der Waals surface area contributed by atoms with Crippen LogP contribution in [0.3, 0.4) is 0 Å². The third-order valence-corrected chi connectivity index (χ3v) is 7.40. The lowest BCUT2D eigenvalue weighted by Gasteiger charge is -2.34. The van der Waals surface area contributed by atoms with E-state index in [4.69, 9.17) is 4.74 Å². The molecule has 1 aliphatic heterocycles. The number of piperazine rings is 1. The Labute approximate surface area is 188 Å². The zero-order valence-corrected chi connectivity index (χ0v) is 19.0. The number of sulfonamides is 1. The highest BCUT2D eigenvalue weighted by Gasteiger charge is 2.30. The van der Waals surface area contributed by atoms with E-state index < -0.39 is 10.0 Å². The van der Waals surface area contributed by atoms with E-state index >= 15 is 0 Å². The van der Waals surface area contributed by atoms with Crippen molar-refractivity contribution in [1.29, 1.82) is 0 Å². The Kier molecular flexibility index (Phi) is 6.29. The Balaban J connectivity index is 1.39. The molecule has 3 aromatic rings. The van der Waals surface area contributed by atoms with Crippen LogP contribution in [-0.4, -0.2) is 66.1 Å². The smallest absolute Gasteiger partial charge is 0.253 e. The molecule has 1 fully saturated rings. The lowest BCUT2D eigenvalue weighted by Crippen LogP contribution is -2.50. The Hall–Kier alpha value is -3.17. The SMILES string of the molecule is CCOc1ccc(S(=O)(=O)N2CCN(C(=O)c3ccc(-n4nccc4C)cc3)CC2)cc1. The maximum atomic E-state index is 13.0. The molecule has 0 radical (unpaired) electrons. The van der Waals surface area contributed by atoms with Gasteiger partial charge in [-0.25, -0.2) is 13.1 Å².